The molecule has 0 unspecified atom stereocenters. The fourth-order valence-corrected chi connectivity index (χ4v) is 4.66. The van der Waals surface area contributed by atoms with Gasteiger partial charge in [-0.15, -0.1) is 0 Å². The van der Waals surface area contributed by atoms with Crippen LogP contribution in [0.5, 0.6) is 0 Å². The molecule has 3 rings (SSSR count). The van der Waals surface area contributed by atoms with Crippen LogP contribution in [-0.4, -0.2) is 46.4 Å². The first kappa shape index (κ1) is 23.2. The minimum absolute atomic E-state index is 0.0136. The van der Waals surface area contributed by atoms with E-state index in [4.69, 9.17) is 11.6 Å². The van der Waals surface area contributed by atoms with Gasteiger partial charge in [0.05, 0.1) is 10.9 Å². The Labute approximate surface area is 188 Å². The summed E-state index contributed by atoms with van der Waals surface area (Å²) in [5.41, 5.74) is 0.923. The lowest BCUT2D eigenvalue weighted by molar-refractivity contribution is -0.121. The second-order valence-corrected chi connectivity index (χ2v) is 9.64. The molecule has 6 nitrogen and oxygen atoms in total. The van der Waals surface area contributed by atoms with Crippen molar-refractivity contribution in [2.24, 2.45) is 0 Å². The summed E-state index contributed by atoms with van der Waals surface area (Å²) in [5.74, 6) is -0.236. The highest BCUT2D eigenvalue weighted by Crippen LogP contribution is 2.25. The fraction of sp³-hybridized carbons (Fsp3) is 0.261. The van der Waals surface area contributed by atoms with E-state index in [-0.39, 0.29) is 29.8 Å². The first-order chi connectivity index (χ1) is 14.8. The molecule has 0 aliphatic rings. The molecule has 0 bridgehead atoms. The van der Waals surface area contributed by atoms with Gasteiger partial charge in [0.2, 0.25) is 15.9 Å². The van der Waals surface area contributed by atoms with Crippen LogP contribution in [0.2, 0.25) is 5.02 Å². The van der Waals surface area contributed by atoms with Crippen molar-refractivity contribution in [2.45, 2.75) is 17.4 Å². The van der Waals surface area contributed by atoms with Gasteiger partial charge < -0.3 is 10.2 Å². The van der Waals surface area contributed by atoms with Gasteiger partial charge in [-0.2, -0.15) is 0 Å². The van der Waals surface area contributed by atoms with E-state index in [9.17, 15) is 13.2 Å². The van der Waals surface area contributed by atoms with Crippen LogP contribution >= 0.6 is 11.6 Å². The number of hydrogen-bond acceptors (Lipinski definition) is 4. The number of benzene rings is 3. The summed E-state index contributed by atoms with van der Waals surface area (Å²) < 4.78 is 27.6. The van der Waals surface area contributed by atoms with Crippen molar-refractivity contribution >= 4 is 38.3 Å². The van der Waals surface area contributed by atoms with Crippen LogP contribution in [0.4, 0.5) is 0 Å². The highest BCUT2D eigenvalue weighted by Gasteiger charge is 2.18. The van der Waals surface area contributed by atoms with E-state index in [0.29, 0.717) is 11.6 Å². The maximum absolute atomic E-state index is 12.6. The molecule has 0 radical (unpaired) electrons. The van der Waals surface area contributed by atoms with Gasteiger partial charge in [-0.25, -0.2) is 13.1 Å². The molecule has 164 valence electrons. The molecule has 0 heterocycles. The summed E-state index contributed by atoms with van der Waals surface area (Å²) in [7, 11) is 0.133. The van der Waals surface area contributed by atoms with Crippen LogP contribution in [0.1, 0.15) is 18.0 Å². The summed E-state index contributed by atoms with van der Waals surface area (Å²) in [5, 5.41) is 5.32. The van der Waals surface area contributed by atoms with E-state index >= 15 is 0 Å². The van der Waals surface area contributed by atoms with Crippen molar-refractivity contribution in [1.29, 1.82) is 0 Å². The number of nitrogens with one attached hydrogen (secondary N) is 2. The molecule has 1 amide bonds. The van der Waals surface area contributed by atoms with Crippen molar-refractivity contribution in [3.63, 3.8) is 0 Å². The average molecular weight is 460 g/mol. The van der Waals surface area contributed by atoms with Gasteiger partial charge in [0.25, 0.3) is 0 Å². The minimum Gasteiger partial charge on any atom is -0.354 e. The molecule has 3 aromatic carbocycles. The highest BCUT2D eigenvalue weighted by atomic mass is 35.5. The first-order valence-electron chi connectivity index (χ1n) is 9.94. The molecule has 0 aromatic heterocycles. The molecule has 31 heavy (non-hydrogen) atoms. The van der Waals surface area contributed by atoms with E-state index in [1.165, 1.54) is 0 Å². The number of carbonyl (C=O) groups excluding carboxylic acids is 1. The molecule has 0 fully saturated rings. The van der Waals surface area contributed by atoms with Crippen LogP contribution in [0.25, 0.3) is 10.8 Å². The predicted octanol–water partition coefficient (Wildman–Crippen LogP) is 3.58. The molecule has 0 saturated carbocycles. The largest absolute Gasteiger partial charge is 0.354 e. The maximum atomic E-state index is 12.6. The van der Waals surface area contributed by atoms with E-state index < -0.39 is 10.0 Å². The number of rotatable bonds is 9. The molecule has 0 saturated heterocycles. The molecule has 0 aliphatic carbocycles. The third-order valence-corrected chi connectivity index (χ3v) is 6.86. The zero-order valence-electron chi connectivity index (χ0n) is 17.5. The summed E-state index contributed by atoms with van der Waals surface area (Å²) in [4.78, 5) is 14.4. The Bertz CT molecular complexity index is 1170. The van der Waals surface area contributed by atoms with Gasteiger partial charge in [0.1, 0.15) is 0 Å². The number of sulfonamides is 1. The van der Waals surface area contributed by atoms with Crippen molar-refractivity contribution in [1.82, 2.24) is 14.9 Å². The van der Waals surface area contributed by atoms with Gasteiger partial charge in [-0.3, -0.25) is 4.79 Å². The Balaban J connectivity index is 1.54. The number of carbonyl (C=O) groups is 1. The zero-order valence-corrected chi connectivity index (χ0v) is 19.1. The topological polar surface area (TPSA) is 78.5 Å². The zero-order chi connectivity index (χ0) is 22.4. The smallest absolute Gasteiger partial charge is 0.240 e. The Hall–Kier alpha value is -2.45. The monoisotopic (exact) mass is 459 g/mol. The van der Waals surface area contributed by atoms with E-state index in [1.807, 2.05) is 67.5 Å². The molecule has 2 N–H and O–H groups in total. The third-order valence-electron chi connectivity index (χ3n) is 5.06. The van der Waals surface area contributed by atoms with E-state index in [0.717, 1.165) is 16.3 Å². The fourth-order valence-electron chi connectivity index (χ4n) is 3.33. The van der Waals surface area contributed by atoms with Crippen LogP contribution in [0, 0.1) is 0 Å². The van der Waals surface area contributed by atoms with Crippen molar-refractivity contribution in [2.75, 3.05) is 27.2 Å². The summed E-state index contributed by atoms with van der Waals surface area (Å²) >= 11 is 6.29. The standard InChI is InChI=1S/C23H26ClN3O3S/c1-27(2)22(20-9-5-6-10-21(20)24)16-25-23(28)13-14-26-31(29,30)19-12-11-17-7-3-4-8-18(17)15-19/h3-12,15,22,26H,13-14,16H2,1-2H3,(H,25,28)/t22-/m1/s1. The Kier molecular flexibility index (Phi) is 7.67. The molecular formula is C23H26ClN3O3S. The lowest BCUT2D eigenvalue weighted by atomic mass is 10.1. The van der Waals surface area contributed by atoms with Crippen LogP contribution in [-0.2, 0) is 14.8 Å². The van der Waals surface area contributed by atoms with Crippen molar-refractivity contribution in [3.8, 4) is 0 Å². The minimum atomic E-state index is -3.70. The summed E-state index contributed by atoms with van der Waals surface area (Å²) in [6.07, 6.45) is 0.0372. The Morgan fingerprint density at radius 1 is 1.00 bits per heavy atom. The number of hydrogen-bond donors (Lipinski definition) is 2. The Morgan fingerprint density at radius 3 is 2.39 bits per heavy atom. The number of fused-ring (bicyclic) bond motifs is 1. The lowest BCUT2D eigenvalue weighted by Gasteiger charge is -2.26. The molecule has 3 aromatic rings. The van der Waals surface area contributed by atoms with E-state index in [1.54, 1.807) is 18.2 Å². The van der Waals surface area contributed by atoms with Crippen LogP contribution < -0.4 is 10.0 Å². The number of nitrogens with zero attached hydrogens (tertiary/aromatic N) is 1. The summed E-state index contributed by atoms with van der Waals surface area (Å²) in [6.45, 7) is 0.382. The average Bonchev–Trinajstić information content (AvgIpc) is 2.74. The number of likely N-dealkylation sites (N-methyl/N-ethyl adjacent to an activating group) is 1. The number of amides is 1. The molecule has 1 atom stereocenters. The van der Waals surface area contributed by atoms with Crippen LogP contribution in [0.3, 0.4) is 0 Å². The predicted molar refractivity (Wildman–Crippen MR) is 125 cm³/mol. The second kappa shape index (κ2) is 10.2. The lowest BCUT2D eigenvalue weighted by Crippen LogP contribution is -2.36. The molecule has 8 heteroatoms. The van der Waals surface area contributed by atoms with Crippen LogP contribution in [0.15, 0.2) is 71.6 Å². The highest BCUT2D eigenvalue weighted by molar-refractivity contribution is 7.89. The van der Waals surface area contributed by atoms with Gasteiger partial charge in [0, 0.05) is 24.5 Å². The van der Waals surface area contributed by atoms with Crippen molar-refractivity contribution in [3.05, 3.63) is 77.3 Å². The molecule has 0 aliphatic heterocycles. The molecule has 0 spiro atoms. The van der Waals surface area contributed by atoms with Gasteiger partial charge in [0.15, 0.2) is 0 Å². The SMILES string of the molecule is CN(C)[C@H](CNC(=O)CCNS(=O)(=O)c1ccc2ccccc2c1)c1ccccc1Cl. The van der Waals surface area contributed by atoms with Gasteiger partial charge in [-0.1, -0.05) is 60.1 Å². The van der Waals surface area contributed by atoms with Crippen molar-refractivity contribution < 1.29 is 13.2 Å². The maximum Gasteiger partial charge on any atom is 0.240 e. The molecular weight excluding hydrogens is 434 g/mol. The third kappa shape index (κ3) is 6.04. The first-order valence-corrected chi connectivity index (χ1v) is 11.8. The normalized spacial score (nSPS) is 12.8. The summed E-state index contributed by atoms with van der Waals surface area (Å²) in [6, 6.07) is 19.9. The van der Waals surface area contributed by atoms with Gasteiger partial charge >= 0.3 is 0 Å². The number of halogens is 1. The van der Waals surface area contributed by atoms with Gasteiger partial charge in [-0.05, 0) is 48.6 Å². The Morgan fingerprint density at radius 2 is 1.68 bits per heavy atom. The van der Waals surface area contributed by atoms with E-state index in [2.05, 4.69) is 10.0 Å². The quantitative estimate of drug-likeness (QED) is 0.512. The second-order valence-electron chi connectivity index (χ2n) is 7.46.